The summed E-state index contributed by atoms with van der Waals surface area (Å²) in [6.45, 7) is 0. The Morgan fingerprint density at radius 1 is 1.00 bits per heavy atom. The van der Waals surface area contributed by atoms with Crippen molar-refractivity contribution in [2.45, 2.75) is 6.42 Å². The minimum atomic E-state index is -0.513. The number of carbonyl (C=O) groups excluding carboxylic acids is 1. The van der Waals surface area contributed by atoms with E-state index in [2.05, 4.69) is 5.32 Å². The van der Waals surface area contributed by atoms with Crippen LogP contribution in [0.4, 0.5) is 5.69 Å². The maximum Gasteiger partial charge on any atom is 0.266 e. The molecule has 0 spiro atoms. The summed E-state index contributed by atoms with van der Waals surface area (Å²) < 4.78 is 0. The molecular formula is C23H17ClN2O2. The molecule has 0 aromatic heterocycles. The van der Waals surface area contributed by atoms with Gasteiger partial charge in [-0.3, -0.25) is 4.79 Å². The summed E-state index contributed by atoms with van der Waals surface area (Å²) in [7, 11) is 0. The second-order valence-corrected chi connectivity index (χ2v) is 6.55. The van der Waals surface area contributed by atoms with Crippen LogP contribution in [0.25, 0.3) is 6.08 Å². The zero-order valence-corrected chi connectivity index (χ0v) is 15.6. The molecule has 0 unspecified atom stereocenters. The van der Waals surface area contributed by atoms with Gasteiger partial charge in [-0.2, -0.15) is 5.26 Å². The lowest BCUT2D eigenvalue weighted by molar-refractivity contribution is -0.112. The van der Waals surface area contributed by atoms with Crippen molar-refractivity contribution >= 4 is 29.3 Å². The Bertz CT molecular complexity index is 1070. The molecule has 138 valence electrons. The van der Waals surface area contributed by atoms with E-state index in [4.69, 9.17) is 11.6 Å². The van der Waals surface area contributed by atoms with Crippen molar-refractivity contribution in [3.05, 3.63) is 100 Å². The van der Waals surface area contributed by atoms with Gasteiger partial charge in [0.25, 0.3) is 5.91 Å². The van der Waals surface area contributed by atoms with Gasteiger partial charge in [0, 0.05) is 10.7 Å². The van der Waals surface area contributed by atoms with Crippen LogP contribution in [0.1, 0.15) is 16.7 Å². The predicted molar refractivity (Wildman–Crippen MR) is 111 cm³/mol. The van der Waals surface area contributed by atoms with Gasteiger partial charge in [0.05, 0.1) is 0 Å². The van der Waals surface area contributed by atoms with Gasteiger partial charge in [0.15, 0.2) is 0 Å². The first kappa shape index (κ1) is 19.2. The molecular weight excluding hydrogens is 372 g/mol. The molecule has 2 N–H and O–H groups in total. The number of amides is 1. The molecule has 0 radical (unpaired) electrons. The Morgan fingerprint density at radius 3 is 2.32 bits per heavy atom. The Kier molecular flexibility index (Phi) is 6.11. The summed E-state index contributed by atoms with van der Waals surface area (Å²) in [5.74, 6) is -0.414. The van der Waals surface area contributed by atoms with Gasteiger partial charge in [-0.25, -0.2) is 0 Å². The smallest absolute Gasteiger partial charge is 0.266 e. The highest BCUT2D eigenvalue weighted by molar-refractivity contribution is 6.31. The number of rotatable bonds is 5. The van der Waals surface area contributed by atoms with Crippen molar-refractivity contribution in [1.29, 1.82) is 5.26 Å². The second kappa shape index (κ2) is 8.90. The average Bonchev–Trinajstić information content (AvgIpc) is 2.70. The van der Waals surface area contributed by atoms with Crippen molar-refractivity contribution in [2.75, 3.05) is 5.32 Å². The third-order valence-electron chi connectivity index (χ3n) is 4.18. The third-order valence-corrected chi connectivity index (χ3v) is 4.55. The zero-order chi connectivity index (χ0) is 19.9. The van der Waals surface area contributed by atoms with Gasteiger partial charge >= 0.3 is 0 Å². The maximum absolute atomic E-state index is 12.5. The maximum atomic E-state index is 12.5. The number of hydrogen-bond donors (Lipinski definition) is 2. The van der Waals surface area contributed by atoms with E-state index in [-0.39, 0.29) is 11.3 Å². The van der Waals surface area contributed by atoms with Crippen molar-refractivity contribution in [3.63, 3.8) is 0 Å². The number of nitrogens with zero attached hydrogens (tertiary/aromatic N) is 1. The molecule has 0 aliphatic carbocycles. The number of carbonyl (C=O) groups is 1. The lowest BCUT2D eigenvalue weighted by Crippen LogP contribution is -2.13. The molecule has 3 rings (SSSR count). The van der Waals surface area contributed by atoms with E-state index < -0.39 is 5.91 Å². The van der Waals surface area contributed by atoms with Gasteiger partial charge in [0.1, 0.15) is 17.4 Å². The summed E-state index contributed by atoms with van der Waals surface area (Å²) in [5, 5.41) is 22.1. The van der Waals surface area contributed by atoms with Crippen LogP contribution in [0.15, 0.2) is 78.4 Å². The number of nitrogens with one attached hydrogen (secondary N) is 1. The number of aromatic hydroxyl groups is 1. The summed E-state index contributed by atoms with van der Waals surface area (Å²) in [6.07, 6.45) is 2.16. The molecule has 0 saturated heterocycles. The van der Waals surface area contributed by atoms with Crippen LogP contribution >= 0.6 is 11.6 Å². The van der Waals surface area contributed by atoms with E-state index in [1.54, 1.807) is 18.2 Å². The first-order chi connectivity index (χ1) is 13.6. The average molecular weight is 389 g/mol. The predicted octanol–water partition coefficient (Wildman–Crippen LogP) is 5.18. The molecule has 0 heterocycles. The summed E-state index contributed by atoms with van der Waals surface area (Å²) >= 11 is 6.26. The van der Waals surface area contributed by atoms with Crippen LogP contribution in [0.2, 0.25) is 5.02 Å². The van der Waals surface area contributed by atoms with Crippen LogP contribution in [0.5, 0.6) is 5.75 Å². The van der Waals surface area contributed by atoms with Gasteiger partial charge < -0.3 is 10.4 Å². The van der Waals surface area contributed by atoms with Gasteiger partial charge in [-0.05, 0) is 59.5 Å². The first-order valence-electron chi connectivity index (χ1n) is 8.60. The van der Waals surface area contributed by atoms with E-state index in [1.165, 1.54) is 12.1 Å². The lowest BCUT2D eigenvalue weighted by atomic mass is 9.98. The molecule has 0 atom stereocenters. The van der Waals surface area contributed by atoms with Gasteiger partial charge in [-0.15, -0.1) is 0 Å². The fourth-order valence-corrected chi connectivity index (χ4v) is 2.93. The van der Waals surface area contributed by atoms with E-state index in [0.717, 1.165) is 16.7 Å². The Balaban J connectivity index is 1.86. The highest BCUT2D eigenvalue weighted by Crippen LogP contribution is 2.23. The highest BCUT2D eigenvalue weighted by atomic mass is 35.5. The topological polar surface area (TPSA) is 73.1 Å². The second-order valence-electron chi connectivity index (χ2n) is 6.14. The molecule has 1 amide bonds. The fraction of sp³-hybridized carbons (Fsp3) is 0.0435. The molecule has 0 bridgehead atoms. The molecule has 4 nitrogen and oxygen atoms in total. The Labute approximate surface area is 168 Å². The minimum Gasteiger partial charge on any atom is -0.508 e. The molecule has 0 aliphatic rings. The third kappa shape index (κ3) is 4.79. The number of benzene rings is 3. The van der Waals surface area contributed by atoms with Crippen molar-refractivity contribution in [3.8, 4) is 11.8 Å². The SMILES string of the molecule is N#C/C(=C\c1ccccc1Cc1ccccc1Cl)C(=O)Nc1ccc(O)cc1. The van der Waals surface area contributed by atoms with Crippen LogP contribution in [0, 0.1) is 11.3 Å². The first-order valence-corrected chi connectivity index (χ1v) is 8.98. The van der Waals surface area contributed by atoms with Crippen LogP contribution < -0.4 is 5.32 Å². The minimum absolute atomic E-state index is 0.0142. The molecule has 0 aliphatic heterocycles. The molecule has 0 saturated carbocycles. The number of anilines is 1. The van der Waals surface area contributed by atoms with E-state index in [0.29, 0.717) is 17.1 Å². The number of nitriles is 1. The van der Waals surface area contributed by atoms with Crippen LogP contribution in [-0.2, 0) is 11.2 Å². The lowest BCUT2D eigenvalue weighted by Gasteiger charge is -2.09. The molecule has 3 aromatic rings. The van der Waals surface area contributed by atoms with E-state index >= 15 is 0 Å². The van der Waals surface area contributed by atoms with Crippen molar-refractivity contribution in [1.82, 2.24) is 0 Å². The van der Waals surface area contributed by atoms with Gasteiger partial charge in [-0.1, -0.05) is 54.1 Å². The zero-order valence-electron chi connectivity index (χ0n) is 14.9. The van der Waals surface area contributed by atoms with Gasteiger partial charge in [0.2, 0.25) is 0 Å². The van der Waals surface area contributed by atoms with Crippen LogP contribution in [-0.4, -0.2) is 11.0 Å². The molecule has 28 heavy (non-hydrogen) atoms. The number of phenolic OH excluding ortho intramolecular Hbond substituents is 1. The summed E-state index contributed by atoms with van der Waals surface area (Å²) in [4.78, 5) is 12.5. The van der Waals surface area contributed by atoms with Crippen molar-refractivity contribution in [2.24, 2.45) is 0 Å². The summed E-state index contributed by atoms with van der Waals surface area (Å²) in [5.41, 5.74) is 3.19. The molecule has 0 fully saturated rings. The van der Waals surface area contributed by atoms with E-state index in [9.17, 15) is 15.2 Å². The number of halogens is 1. The Morgan fingerprint density at radius 2 is 1.64 bits per heavy atom. The highest BCUT2D eigenvalue weighted by Gasteiger charge is 2.11. The summed E-state index contributed by atoms with van der Waals surface area (Å²) in [6, 6.07) is 23.2. The molecule has 3 aromatic carbocycles. The molecule has 5 heteroatoms. The van der Waals surface area contributed by atoms with Crippen molar-refractivity contribution < 1.29 is 9.90 Å². The quantitative estimate of drug-likeness (QED) is 0.359. The number of phenols is 1. The fourth-order valence-electron chi connectivity index (χ4n) is 2.73. The Hall–Kier alpha value is -3.55. The largest absolute Gasteiger partial charge is 0.508 e. The van der Waals surface area contributed by atoms with E-state index in [1.807, 2.05) is 54.6 Å². The van der Waals surface area contributed by atoms with Crippen LogP contribution in [0.3, 0.4) is 0 Å². The number of hydrogen-bond acceptors (Lipinski definition) is 3. The normalized spacial score (nSPS) is 10.9. The standard InChI is InChI=1S/C23H17ClN2O2/c24-22-8-4-3-7-18(22)13-16-5-1-2-6-17(16)14-19(15-25)23(28)26-20-9-11-21(27)12-10-20/h1-12,14,27H,13H2,(H,26,28)/b19-14+. The monoisotopic (exact) mass is 388 g/mol.